The summed E-state index contributed by atoms with van der Waals surface area (Å²) in [6.07, 6.45) is 0. The number of furan rings is 1. The maximum Gasteiger partial charge on any atom is 0.289 e. The van der Waals surface area contributed by atoms with Crippen molar-refractivity contribution in [1.29, 1.82) is 0 Å². The van der Waals surface area contributed by atoms with Gasteiger partial charge in [0.1, 0.15) is 5.76 Å². The second-order valence-electron chi connectivity index (χ2n) is 3.19. The third kappa shape index (κ3) is 1.91. The minimum absolute atomic E-state index is 0.0481. The molecular formula is C10H15NO2. The molecule has 1 amide bonds. The largest absolute Gasteiger partial charge is 0.456 e. The van der Waals surface area contributed by atoms with Crippen LogP contribution in [-0.4, -0.2) is 24.4 Å². The smallest absolute Gasteiger partial charge is 0.289 e. The second kappa shape index (κ2) is 3.64. The van der Waals surface area contributed by atoms with E-state index in [9.17, 15) is 4.79 Å². The summed E-state index contributed by atoms with van der Waals surface area (Å²) >= 11 is 0. The average molecular weight is 181 g/mol. The van der Waals surface area contributed by atoms with Gasteiger partial charge in [-0.15, -0.1) is 0 Å². The first-order valence-corrected chi connectivity index (χ1v) is 4.38. The molecule has 0 atom stereocenters. The summed E-state index contributed by atoms with van der Waals surface area (Å²) in [5.74, 6) is 1.19. The zero-order valence-corrected chi connectivity index (χ0v) is 8.55. The van der Waals surface area contributed by atoms with Crippen LogP contribution < -0.4 is 0 Å². The molecule has 0 bridgehead atoms. The molecule has 0 saturated carbocycles. The maximum atomic E-state index is 11.6. The van der Waals surface area contributed by atoms with E-state index in [2.05, 4.69) is 0 Å². The number of aryl methyl sites for hydroxylation is 2. The zero-order valence-electron chi connectivity index (χ0n) is 8.55. The lowest BCUT2D eigenvalue weighted by Gasteiger charge is -2.12. The minimum Gasteiger partial charge on any atom is -0.456 e. The topological polar surface area (TPSA) is 33.5 Å². The van der Waals surface area contributed by atoms with E-state index in [0.717, 1.165) is 11.3 Å². The molecule has 0 aliphatic rings. The maximum absolute atomic E-state index is 11.6. The van der Waals surface area contributed by atoms with Crippen molar-refractivity contribution in [1.82, 2.24) is 4.90 Å². The first kappa shape index (κ1) is 9.84. The van der Waals surface area contributed by atoms with Crippen LogP contribution in [0.1, 0.15) is 28.8 Å². The van der Waals surface area contributed by atoms with Crippen molar-refractivity contribution in [3.8, 4) is 0 Å². The van der Waals surface area contributed by atoms with Gasteiger partial charge in [-0.25, -0.2) is 0 Å². The molecule has 1 rings (SSSR count). The predicted molar refractivity (Wildman–Crippen MR) is 50.8 cm³/mol. The highest BCUT2D eigenvalue weighted by atomic mass is 16.4. The van der Waals surface area contributed by atoms with E-state index in [4.69, 9.17) is 4.42 Å². The lowest BCUT2D eigenvalue weighted by atomic mass is 10.2. The van der Waals surface area contributed by atoms with E-state index in [1.54, 1.807) is 11.9 Å². The quantitative estimate of drug-likeness (QED) is 0.699. The van der Waals surface area contributed by atoms with Crippen molar-refractivity contribution in [2.24, 2.45) is 0 Å². The molecule has 3 heteroatoms. The van der Waals surface area contributed by atoms with E-state index in [-0.39, 0.29) is 5.91 Å². The molecule has 0 unspecified atom stereocenters. The van der Waals surface area contributed by atoms with Crippen molar-refractivity contribution in [3.05, 3.63) is 23.2 Å². The Balaban J connectivity index is 2.94. The average Bonchev–Trinajstić information content (AvgIpc) is 2.42. The van der Waals surface area contributed by atoms with Gasteiger partial charge >= 0.3 is 0 Å². The lowest BCUT2D eigenvalue weighted by Crippen LogP contribution is -2.26. The predicted octanol–water partition coefficient (Wildman–Crippen LogP) is 1.99. The zero-order chi connectivity index (χ0) is 10.0. The molecule has 72 valence electrons. The Kier molecular flexibility index (Phi) is 2.76. The van der Waals surface area contributed by atoms with Crippen LogP contribution in [0.5, 0.6) is 0 Å². The van der Waals surface area contributed by atoms with Crippen molar-refractivity contribution in [2.45, 2.75) is 20.8 Å². The fourth-order valence-corrected chi connectivity index (χ4v) is 1.17. The molecule has 0 N–H and O–H groups in total. The highest BCUT2D eigenvalue weighted by Gasteiger charge is 2.16. The van der Waals surface area contributed by atoms with E-state index in [0.29, 0.717) is 12.3 Å². The molecule has 0 radical (unpaired) electrons. The minimum atomic E-state index is -0.0481. The van der Waals surface area contributed by atoms with Gasteiger partial charge in [0.2, 0.25) is 0 Å². The molecule has 1 heterocycles. The third-order valence-electron chi connectivity index (χ3n) is 2.06. The fraction of sp³-hybridized carbons (Fsp3) is 0.500. The van der Waals surface area contributed by atoms with Crippen LogP contribution in [0.4, 0.5) is 0 Å². The summed E-state index contributed by atoms with van der Waals surface area (Å²) in [5, 5.41) is 0. The molecule has 0 aliphatic heterocycles. The van der Waals surface area contributed by atoms with Gasteiger partial charge in [0.25, 0.3) is 5.91 Å². The molecule has 0 aliphatic carbocycles. The summed E-state index contributed by atoms with van der Waals surface area (Å²) in [6.45, 7) is 6.35. The van der Waals surface area contributed by atoms with Gasteiger partial charge in [-0.1, -0.05) is 0 Å². The first-order chi connectivity index (χ1) is 6.06. The van der Waals surface area contributed by atoms with Crippen LogP contribution >= 0.6 is 0 Å². The van der Waals surface area contributed by atoms with Crippen LogP contribution in [0.15, 0.2) is 10.5 Å². The van der Waals surface area contributed by atoms with Crippen molar-refractivity contribution in [3.63, 3.8) is 0 Å². The highest BCUT2D eigenvalue weighted by molar-refractivity contribution is 5.92. The molecule has 0 aromatic carbocycles. The number of nitrogens with zero attached hydrogens (tertiary/aromatic N) is 1. The standard InChI is InChI=1S/C10H15NO2/c1-5-11(4)10(12)9-7(2)6-8(3)13-9/h6H,5H2,1-4H3. The Hall–Kier alpha value is -1.25. The summed E-state index contributed by atoms with van der Waals surface area (Å²) in [7, 11) is 1.76. The van der Waals surface area contributed by atoms with Gasteiger partial charge in [0.15, 0.2) is 5.76 Å². The van der Waals surface area contributed by atoms with Gasteiger partial charge in [0.05, 0.1) is 0 Å². The summed E-state index contributed by atoms with van der Waals surface area (Å²) in [6, 6.07) is 1.87. The molecule has 3 nitrogen and oxygen atoms in total. The Morgan fingerprint density at radius 3 is 2.54 bits per heavy atom. The molecule has 0 spiro atoms. The fourth-order valence-electron chi connectivity index (χ4n) is 1.17. The van der Waals surface area contributed by atoms with E-state index >= 15 is 0 Å². The molecule has 1 aromatic heterocycles. The van der Waals surface area contributed by atoms with Crippen LogP contribution in [0, 0.1) is 13.8 Å². The van der Waals surface area contributed by atoms with Gasteiger partial charge in [-0.2, -0.15) is 0 Å². The number of carbonyl (C=O) groups is 1. The summed E-state index contributed by atoms with van der Waals surface area (Å²) < 4.78 is 5.31. The van der Waals surface area contributed by atoms with Crippen molar-refractivity contribution in [2.75, 3.05) is 13.6 Å². The number of hydrogen-bond acceptors (Lipinski definition) is 2. The van der Waals surface area contributed by atoms with Crippen molar-refractivity contribution >= 4 is 5.91 Å². The molecule has 13 heavy (non-hydrogen) atoms. The monoisotopic (exact) mass is 181 g/mol. The number of carbonyl (C=O) groups excluding carboxylic acids is 1. The third-order valence-corrected chi connectivity index (χ3v) is 2.06. The lowest BCUT2D eigenvalue weighted by molar-refractivity contribution is 0.0768. The van der Waals surface area contributed by atoms with Crippen molar-refractivity contribution < 1.29 is 9.21 Å². The normalized spacial score (nSPS) is 10.2. The van der Waals surface area contributed by atoms with E-state index in [1.807, 2.05) is 26.8 Å². The number of rotatable bonds is 2. The van der Waals surface area contributed by atoms with Crippen LogP contribution in [-0.2, 0) is 0 Å². The Morgan fingerprint density at radius 1 is 1.54 bits per heavy atom. The first-order valence-electron chi connectivity index (χ1n) is 4.38. The van der Waals surface area contributed by atoms with Gasteiger partial charge in [-0.3, -0.25) is 4.79 Å². The Morgan fingerprint density at radius 2 is 2.15 bits per heavy atom. The molecule has 0 fully saturated rings. The highest BCUT2D eigenvalue weighted by Crippen LogP contribution is 2.15. The van der Waals surface area contributed by atoms with E-state index in [1.165, 1.54) is 0 Å². The molecule has 0 saturated heterocycles. The van der Waals surface area contributed by atoms with Gasteiger partial charge in [-0.05, 0) is 26.8 Å². The summed E-state index contributed by atoms with van der Waals surface area (Å²) in [4.78, 5) is 13.3. The Labute approximate surface area is 78.3 Å². The van der Waals surface area contributed by atoms with E-state index < -0.39 is 0 Å². The Bertz CT molecular complexity index is 315. The van der Waals surface area contributed by atoms with Crippen LogP contribution in [0.3, 0.4) is 0 Å². The van der Waals surface area contributed by atoms with Gasteiger partial charge < -0.3 is 9.32 Å². The SMILES string of the molecule is CCN(C)C(=O)c1oc(C)cc1C. The van der Waals surface area contributed by atoms with Crippen LogP contribution in [0.25, 0.3) is 0 Å². The summed E-state index contributed by atoms with van der Waals surface area (Å²) in [5.41, 5.74) is 0.905. The molecular weight excluding hydrogens is 166 g/mol. The second-order valence-corrected chi connectivity index (χ2v) is 3.19. The van der Waals surface area contributed by atoms with Gasteiger partial charge in [0, 0.05) is 19.2 Å². The molecule has 1 aromatic rings. The number of hydrogen-bond donors (Lipinski definition) is 0. The van der Waals surface area contributed by atoms with Crippen LogP contribution in [0.2, 0.25) is 0 Å². The number of amides is 1.